The van der Waals surface area contributed by atoms with Crippen LogP contribution in [0, 0.1) is 0 Å². The molecule has 4 heteroatoms. The van der Waals surface area contributed by atoms with Crippen molar-refractivity contribution in [3.05, 3.63) is 0 Å². The third kappa shape index (κ3) is 2.63. The van der Waals surface area contributed by atoms with Gasteiger partial charge in [0.25, 0.3) is 0 Å². The molecular formula is C13H23NO3. The Morgan fingerprint density at radius 3 is 2.59 bits per heavy atom. The number of hydrogen-bond donors (Lipinski definition) is 1. The van der Waals surface area contributed by atoms with Crippen molar-refractivity contribution in [2.24, 2.45) is 0 Å². The summed E-state index contributed by atoms with van der Waals surface area (Å²) in [6.07, 6.45) is 7.21. The second kappa shape index (κ2) is 5.36. The highest BCUT2D eigenvalue weighted by atomic mass is 16.5. The number of carboxylic acid groups (broad SMARTS) is 1. The first-order valence-corrected chi connectivity index (χ1v) is 6.71. The molecule has 2 fully saturated rings. The van der Waals surface area contributed by atoms with Gasteiger partial charge >= 0.3 is 5.97 Å². The molecule has 0 aromatic carbocycles. The van der Waals surface area contributed by atoms with Crippen LogP contribution in [0.3, 0.4) is 0 Å². The van der Waals surface area contributed by atoms with Crippen molar-refractivity contribution in [1.29, 1.82) is 0 Å². The largest absolute Gasteiger partial charge is 0.480 e. The van der Waals surface area contributed by atoms with Crippen LogP contribution in [0.5, 0.6) is 0 Å². The molecule has 0 amide bonds. The van der Waals surface area contributed by atoms with Crippen LogP contribution < -0.4 is 0 Å². The van der Waals surface area contributed by atoms with E-state index in [-0.39, 0.29) is 6.10 Å². The third-order valence-corrected chi connectivity index (χ3v) is 4.31. The Bertz CT molecular complexity index is 268. The van der Waals surface area contributed by atoms with Gasteiger partial charge in [-0.15, -0.1) is 0 Å². The van der Waals surface area contributed by atoms with Gasteiger partial charge in [-0.2, -0.15) is 0 Å². The number of aliphatic carboxylic acids is 1. The number of hydrogen-bond acceptors (Lipinski definition) is 3. The maximum absolute atomic E-state index is 11.6. The number of rotatable bonds is 4. The molecule has 0 spiro atoms. The molecule has 1 aliphatic carbocycles. The summed E-state index contributed by atoms with van der Waals surface area (Å²) < 4.78 is 5.60. The summed E-state index contributed by atoms with van der Waals surface area (Å²) in [5, 5.41) is 9.55. The summed E-state index contributed by atoms with van der Waals surface area (Å²) in [7, 11) is 1.95. The molecule has 1 saturated heterocycles. The summed E-state index contributed by atoms with van der Waals surface area (Å²) in [4.78, 5) is 13.6. The molecule has 1 atom stereocenters. The first kappa shape index (κ1) is 12.8. The predicted molar refractivity (Wildman–Crippen MR) is 65.1 cm³/mol. The zero-order valence-electron chi connectivity index (χ0n) is 10.7. The number of carboxylic acids is 1. The Kier molecular flexibility index (Phi) is 4.05. The Morgan fingerprint density at radius 1 is 1.35 bits per heavy atom. The lowest BCUT2D eigenvalue weighted by Gasteiger charge is -2.41. The molecule has 1 saturated carbocycles. The van der Waals surface area contributed by atoms with Gasteiger partial charge in [0, 0.05) is 13.2 Å². The Balaban J connectivity index is 2.01. The van der Waals surface area contributed by atoms with Crippen molar-refractivity contribution < 1.29 is 14.6 Å². The minimum atomic E-state index is -0.655. The number of ether oxygens (including phenoxy) is 1. The molecule has 0 radical (unpaired) electrons. The summed E-state index contributed by atoms with van der Waals surface area (Å²) in [5.41, 5.74) is -0.635. The van der Waals surface area contributed by atoms with E-state index in [0.717, 1.165) is 51.7 Å². The van der Waals surface area contributed by atoms with Crippen molar-refractivity contribution in [3.8, 4) is 0 Å². The van der Waals surface area contributed by atoms with Crippen molar-refractivity contribution >= 4 is 5.97 Å². The van der Waals surface area contributed by atoms with Gasteiger partial charge in [-0.05, 0) is 32.7 Å². The van der Waals surface area contributed by atoms with E-state index in [1.165, 1.54) is 6.42 Å². The van der Waals surface area contributed by atoms with Gasteiger partial charge in [-0.3, -0.25) is 9.69 Å². The maximum atomic E-state index is 11.6. The molecule has 1 heterocycles. The topological polar surface area (TPSA) is 49.8 Å². The van der Waals surface area contributed by atoms with Crippen LogP contribution in [0.15, 0.2) is 0 Å². The molecule has 0 aromatic heterocycles. The van der Waals surface area contributed by atoms with Gasteiger partial charge in [-0.1, -0.05) is 19.3 Å². The van der Waals surface area contributed by atoms with Crippen LogP contribution in [-0.2, 0) is 9.53 Å². The highest BCUT2D eigenvalue weighted by molar-refractivity contribution is 5.78. The maximum Gasteiger partial charge on any atom is 0.324 e. The third-order valence-electron chi connectivity index (χ3n) is 4.31. The summed E-state index contributed by atoms with van der Waals surface area (Å²) in [6, 6.07) is 0. The van der Waals surface area contributed by atoms with Crippen molar-refractivity contribution in [2.75, 3.05) is 20.2 Å². The van der Waals surface area contributed by atoms with Gasteiger partial charge < -0.3 is 9.84 Å². The van der Waals surface area contributed by atoms with E-state index >= 15 is 0 Å². The lowest BCUT2D eigenvalue weighted by atomic mass is 9.80. The van der Waals surface area contributed by atoms with Crippen LogP contribution >= 0.6 is 0 Å². The minimum Gasteiger partial charge on any atom is -0.480 e. The Hall–Kier alpha value is -0.610. The van der Waals surface area contributed by atoms with E-state index in [1.54, 1.807) is 0 Å². The average molecular weight is 241 g/mol. The first-order chi connectivity index (χ1) is 8.15. The van der Waals surface area contributed by atoms with Crippen LogP contribution in [-0.4, -0.2) is 47.8 Å². The van der Waals surface area contributed by atoms with E-state index in [4.69, 9.17) is 4.74 Å². The normalized spacial score (nSPS) is 28.5. The van der Waals surface area contributed by atoms with Crippen LogP contribution in [0.4, 0.5) is 0 Å². The SMILES string of the molecule is CN(CC1CCCO1)C1(C(=O)O)CCCCC1. The molecule has 98 valence electrons. The summed E-state index contributed by atoms with van der Waals surface area (Å²) in [6.45, 7) is 1.59. The Labute approximate surface area is 103 Å². The monoisotopic (exact) mass is 241 g/mol. The standard InChI is InChI=1S/C13H23NO3/c1-14(10-11-6-5-9-17-11)13(12(15)16)7-3-2-4-8-13/h11H,2-10H2,1H3,(H,15,16). The van der Waals surface area contributed by atoms with Crippen LogP contribution in [0.1, 0.15) is 44.9 Å². The van der Waals surface area contributed by atoms with Crippen LogP contribution in [0.25, 0.3) is 0 Å². The lowest BCUT2D eigenvalue weighted by molar-refractivity contribution is -0.154. The van der Waals surface area contributed by atoms with E-state index in [0.29, 0.717) is 0 Å². The van der Waals surface area contributed by atoms with Gasteiger partial charge in [0.05, 0.1) is 6.10 Å². The highest BCUT2D eigenvalue weighted by Crippen LogP contribution is 2.34. The molecule has 1 aliphatic heterocycles. The summed E-state index contributed by atoms with van der Waals surface area (Å²) in [5.74, 6) is -0.655. The first-order valence-electron chi connectivity index (χ1n) is 6.71. The molecule has 2 rings (SSSR count). The molecule has 0 aromatic rings. The predicted octanol–water partition coefficient (Wildman–Crippen LogP) is 1.88. The van der Waals surface area contributed by atoms with E-state index in [9.17, 15) is 9.90 Å². The van der Waals surface area contributed by atoms with E-state index < -0.39 is 11.5 Å². The van der Waals surface area contributed by atoms with Gasteiger partial charge in [0.2, 0.25) is 0 Å². The van der Waals surface area contributed by atoms with Gasteiger partial charge in [-0.25, -0.2) is 0 Å². The number of likely N-dealkylation sites (N-methyl/N-ethyl adjacent to an activating group) is 1. The molecule has 1 unspecified atom stereocenters. The van der Waals surface area contributed by atoms with Crippen molar-refractivity contribution in [2.45, 2.75) is 56.6 Å². The minimum absolute atomic E-state index is 0.234. The van der Waals surface area contributed by atoms with Crippen molar-refractivity contribution in [1.82, 2.24) is 4.90 Å². The highest BCUT2D eigenvalue weighted by Gasteiger charge is 2.43. The fourth-order valence-electron chi connectivity index (χ4n) is 3.16. The summed E-state index contributed by atoms with van der Waals surface area (Å²) >= 11 is 0. The molecule has 2 aliphatic rings. The van der Waals surface area contributed by atoms with E-state index in [1.807, 2.05) is 11.9 Å². The molecule has 1 N–H and O–H groups in total. The zero-order valence-corrected chi connectivity index (χ0v) is 10.7. The molecule has 4 nitrogen and oxygen atoms in total. The quantitative estimate of drug-likeness (QED) is 0.816. The fraction of sp³-hybridized carbons (Fsp3) is 0.923. The molecule has 17 heavy (non-hydrogen) atoms. The van der Waals surface area contributed by atoms with Crippen LogP contribution in [0.2, 0.25) is 0 Å². The fourth-order valence-corrected chi connectivity index (χ4v) is 3.16. The second-order valence-corrected chi connectivity index (χ2v) is 5.41. The zero-order chi connectivity index (χ0) is 12.3. The molecular weight excluding hydrogens is 218 g/mol. The van der Waals surface area contributed by atoms with E-state index in [2.05, 4.69) is 0 Å². The number of nitrogens with zero attached hydrogens (tertiary/aromatic N) is 1. The van der Waals surface area contributed by atoms with Gasteiger partial charge in [0.1, 0.15) is 5.54 Å². The molecule has 0 bridgehead atoms. The lowest BCUT2D eigenvalue weighted by Crippen LogP contribution is -2.55. The second-order valence-electron chi connectivity index (χ2n) is 5.41. The number of carbonyl (C=O) groups is 1. The Morgan fingerprint density at radius 2 is 2.06 bits per heavy atom. The van der Waals surface area contributed by atoms with Gasteiger partial charge in [0.15, 0.2) is 0 Å². The average Bonchev–Trinajstić information content (AvgIpc) is 2.82. The van der Waals surface area contributed by atoms with Crippen molar-refractivity contribution in [3.63, 3.8) is 0 Å². The smallest absolute Gasteiger partial charge is 0.324 e.